The summed E-state index contributed by atoms with van der Waals surface area (Å²) in [4.78, 5) is 14.7. The van der Waals surface area contributed by atoms with Crippen LogP contribution in [0.15, 0.2) is 42.5 Å². The molecular weight excluding hydrogens is 457 g/mol. The maximum Gasteiger partial charge on any atom is 0.573 e. The second kappa shape index (κ2) is 8.19. The van der Waals surface area contributed by atoms with Gasteiger partial charge in [-0.2, -0.15) is 13.2 Å². The molecule has 4 rings (SSSR count). The fraction of sp³-hybridized carbons (Fsp3) is 0.409. The van der Waals surface area contributed by atoms with E-state index in [4.69, 9.17) is 0 Å². The van der Waals surface area contributed by atoms with E-state index >= 15 is 0 Å². The zero-order chi connectivity index (χ0) is 24.0. The molecule has 2 aliphatic heterocycles. The number of anilines is 1. The monoisotopic (exact) mass is 476 g/mol. The molecule has 0 bridgehead atoms. The number of hydrogen-bond donors (Lipinski definition) is 1. The first kappa shape index (κ1) is 23.3. The zero-order valence-corrected chi connectivity index (χ0v) is 17.1. The topological polar surface area (TPSA) is 41.6 Å². The standard InChI is InChI=1S/C22H19F7N2O2/c23-17-6-1-13(21(24,25)26)11-16(17)18-12-20(7-9-30-10-8-20)19(32)31(18)14-2-4-15(5-3-14)33-22(27,28)29/h1-6,11,18,30H,7-10,12H2. The van der Waals surface area contributed by atoms with Gasteiger partial charge in [-0.1, -0.05) is 0 Å². The number of nitrogens with one attached hydrogen (secondary N) is 1. The van der Waals surface area contributed by atoms with Gasteiger partial charge in [0.05, 0.1) is 17.0 Å². The third-order valence-electron chi connectivity index (χ3n) is 6.16. The predicted molar refractivity (Wildman–Crippen MR) is 104 cm³/mol. The minimum atomic E-state index is -4.91. The van der Waals surface area contributed by atoms with Crippen molar-refractivity contribution in [2.24, 2.45) is 5.41 Å². The highest BCUT2D eigenvalue weighted by atomic mass is 19.4. The normalized spacial score (nSPS) is 21.0. The zero-order valence-electron chi connectivity index (χ0n) is 17.1. The van der Waals surface area contributed by atoms with Crippen LogP contribution in [0.4, 0.5) is 36.4 Å². The fourth-order valence-corrected chi connectivity index (χ4v) is 4.60. The molecule has 1 amide bonds. The summed E-state index contributed by atoms with van der Waals surface area (Å²) in [5, 5.41) is 3.12. The molecule has 0 radical (unpaired) electrons. The summed E-state index contributed by atoms with van der Waals surface area (Å²) in [5.41, 5.74) is -2.10. The molecule has 178 valence electrons. The van der Waals surface area contributed by atoms with Crippen LogP contribution in [-0.4, -0.2) is 25.4 Å². The summed E-state index contributed by atoms with van der Waals surface area (Å²) in [6.45, 7) is 1.02. The van der Waals surface area contributed by atoms with Gasteiger partial charge in [0, 0.05) is 11.3 Å². The molecule has 0 aliphatic carbocycles. The fourth-order valence-electron chi connectivity index (χ4n) is 4.60. The summed E-state index contributed by atoms with van der Waals surface area (Å²) >= 11 is 0. The number of nitrogens with zero attached hydrogens (tertiary/aromatic N) is 1. The lowest BCUT2D eigenvalue weighted by Crippen LogP contribution is -2.42. The molecule has 0 saturated carbocycles. The van der Waals surface area contributed by atoms with Gasteiger partial charge in [0.15, 0.2) is 0 Å². The molecule has 2 aromatic carbocycles. The van der Waals surface area contributed by atoms with Gasteiger partial charge < -0.3 is 15.0 Å². The lowest BCUT2D eigenvalue weighted by atomic mass is 9.76. The molecule has 11 heteroatoms. The van der Waals surface area contributed by atoms with E-state index in [9.17, 15) is 35.5 Å². The van der Waals surface area contributed by atoms with Crippen molar-refractivity contribution in [1.82, 2.24) is 5.32 Å². The Labute approximate surface area is 184 Å². The van der Waals surface area contributed by atoms with E-state index in [2.05, 4.69) is 10.1 Å². The number of benzene rings is 2. The largest absolute Gasteiger partial charge is 0.573 e. The number of alkyl halides is 6. The van der Waals surface area contributed by atoms with Crippen LogP contribution in [0.2, 0.25) is 0 Å². The summed E-state index contributed by atoms with van der Waals surface area (Å²) < 4.78 is 95.9. The van der Waals surface area contributed by atoms with E-state index in [0.29, 0.717) is 44.1 Å². The van der Waals surface area contributed by atoms with Crippen molar-refractivity contribution in [2.75, 3.05) is 18.0 Å². The van der Waals surface area contributed by atoms with Crippen molar-refractivity contribution in [3.8, 4) is 5.75 Å². The Kier molecular flexibility index (Phi) is 5.80. The van der Waals surface area contributed by atoms with Gasteiger partial charge >= 0.3 is 12.5 Å². The minimum Gasteiger partial charge on any atom is -0.406 e. The molecule has 4 nitrogen and oxygen atoms in total. The number of piperidine rings is 1. The van der Waals surface area contributed by atoms with Crippen LogP contribution in [0, 0.1) is 11.2 Å². The van der Waals surface area contributed by atoms with Crippen LogP contribution in [0.3, 0.4) is 0 Å². The van der Waals surface area contributed by atoms with Crippen LogP contribution in [0.25, 0.3) is 0 Å². The van der Waals surface area contributed by atoms with Gasteiger partial charge in [-0.15, -0.1) is 13.2 Å². The lowest BCUT2D eigenvalue weighted by Gasteiger charge is -2.32. The second-order valence-electron chi connectivity index (χ2n) is 8.20. The first-order valence-corrected chi connectivity index (χ1v) is 10.2. The Bertz CT molecular complexity index is 1030. The van der Waals surface area contributed by atoms with E-state index in [-0.39, 0.29) is 17.7 Å². The summed E-state index contributed by atoms with van der Waals surface area (Å²) in [6.07, 6.45) is -8.71. The Morgan fingerprint density at radius 1 is 0.970 bits per heavy atom. The maximum absolute atomic E-state index is 14.8. The van der Waals surface area contributed by atoms with Gasteiger partial charge in [0.1, 0.15) is 11.6 Å². The number of rotatable bonds is 3. The van der Waals surface area contributed by atoms with Gasteiger partial charge in [-0.25, -0.2) is 4.39 Å². The molecule has 2 saturated heterocycles. The molecule has 1 atom stereocenters. The molecule has 33 heavy (non-hydrogen) atoms. The number of carbonyl (C=O) groups excluding carboxylic acids is 1. The quantitative estimate of drug-likeness (QED) is 0.588. The highest BCUT2D eigenvalue weighted by molar-refractivity contribution is 6.01. The molecule has 2 aliphatic rings. The third-order valence-corrected chi connectivity index (χ3v) is 6.16. The van der Waals surface area contributed by atoms with Crippen molar-refractivity contribution in [1.29, 1.82) is 0 Å². The summed E-state index contributed by atoms with van der Waals surface area (Å²) in [6, 6.07) is 5.41. The van der Waals surface area contributed by atoms with Crippen LogP contribution < -0.4 is 15.0 Å². The third kappa shape index (κ3) is 4.64. The van der Waals surface area contributed by atoms with Crippen LogP contribution in [-0.2, 0) is 11.0 Å². The first-order chi connectivity index (χ1) is 15.4. The van der Waals surface area contributed by atoms with Crippen LogP contribution in [0.1, 0.15) is 36.4 Å². The summed E-state index contributed by atoms with van der Waals surface area (Å²) in [5.74, 6) is -1.81. The Morgan fingerprint density at radius 3 is 2.18 bits per heavy atom. The Balaban J connectivity index is 1.77. The van der Waals surface area contributed by atoms with E-state index in [0.717, 1.165) is 12.1 Å². The van der Waals surface area contributed by atoms with Gasteiger partial charge in [-0.3, -0.25) is 4.79 Å². The lowest BCUT2D eigenvalue weighted by molar-refractivity contribution is -0.274. The first-order valence-electron chi connectivity index (χ1n) is 10.2. The van der Waals surface area contributed by atoms with Crippen molar-refractivity contribution in [2.45, 2.75) is 37.8 Å². The molecule has 1 spiro atoms. The Morgan fingerprint density at radius 2 is 1.61 bits per heavy atom. The van der Waals surface area contributed by atoms with Crippen LogP contribution in [0.5, 0.6) is 5.75 Å². The van der Waals surface area contributed by atoms with Crippen molar-refractivity contribution >= 4 is 11.6 Å². The highest BCUT2D eigenvalue weighted by Crippen LogP contribution is 2.51. The molecule has 2 heterocycles. The molecule has 0 aromatic heterocycles. The summed E-state index contributed by atoms with van der Waals surface area (Å²) in [7, 11) is 0. The molecule has 1 N–H and O–H groups in total. The highest BCUT2D eigenvalue weighted by Gasteiger charge is 2.53. The number of hydrogen-bond acceptors (Lipinski definition) is 3. The Hall–Kier alpha value is -2.82. The smallest absolute Gasteiger partial charge is 0.406 e. The van der Waals surface area contributed by atoms with Gasteiger partial charge in [0.2, 0.25) is 5.91 Å². The molecule has 1 unspecified atom stereocenters. The molecule has 2 fully saturated rings. The SMILES string of the molecule is O=C1N(c2ccc(OC(F)(F)F)cc2)C(c2cc(C(F)(F)F)ccc2F)CC12CCNCC2. The van der Waals surface area contributed by atoms with E-state index in [1.54, 1.807) is 0 Å². The van der Waals surface area contributed by atoms with Crippen molar-refractivity contribution in [3.05, 3.63) is 59.4 Å². The van der Waals surface area contributed by atoms with E-state index in [1.165, 1.54) is 17.0 Å². The van der Waals surface area contributed by atoms with E-state index in [1.807, 2.05) is 0 Å². The number of amides is 1. The number of carbonyl (C=O) groups is 1. The maximum atomic E-state index is 14.8. The van der Waals surface area contributed by atoms with Crippen LogP contribution >= 0.6 is 0 Å². The average molecular weight is 476 g/mol. The van der Waals surface area contributed by atoms with E-state index < -0.39 is 47.0 Å². The molecular formula is C22H19F7N2O2. The number of halogens is 7. The van der Waals surface area contributed by atoms with Crippen molar-refractivity contribution < 1.29 is 40.3 Å². The second-order valence-corrected chi connectivity index (χ2v) is 8.20. The van der Waals surface area contributed by atoms with Gasteiger partial charge in [0.25, 0.3) is 0 Å². The minimum absolute atomic E-state index is 0.0898. The molecule has 2 aromatic rings. The van der Waals surface area contributed by atoms with Gasteiger partial charge in [-0.05, 0) is 74.8 Å². The predicted octanol–water partition coefficient (Wildman–Crippen LogP) is 5.59. The average Bonchev–Trinajstić information content (AvgIpc) is 2.99. The number of ether oxygens (including phenoxy) is 1. The van der Waals surface area contributed by atoms with Crippen molar-refractivity contribution in [3.63, 3.8) is 0 Å².